The van der Waals surface area contributed by atoms with Crippen molar-refractivity contribution in [3.63, 3.8) is 0 Å². The SMILES string of the molecule is COC(=O)N1C2(C)CCCC(C)(C)C12/C=C/C(C)=O. The molecule has 4 nitrogen and oxygen atoms in total. The topological polar surface area (TPSA) is 46.4 Å². The van der Waals surface area contributed by atoms with Crippen LogP contribution < -0.4 is 0 Å². The van der Waals surface area contributed by atoms with Gasteiger partial charge >= 0.3 is 6.09 Å². The average Bonchev–Trinajstić information content (AvgIpc) is 2.87. The quantitative estimate of drug-likeness (QED) is 0.569. The van der Waals surface area contributed by atoms with Gasteiger partial charge in [0.15, 0.2) is 5.78 Å². The maximum Gasteiger partial charge on any atom is 0.410 e. The van der Waals surface area contributed by atoms with E-state index in [1.807, 2.05) is 11.0 Å². The number of ether oxygens (including phenoxy) is 1. The lowest BCUT2D eigenvalue weighted by atomic mass is 9.64. The van der Waals surface area contributed by atoms with Gasteiger partial charge in [-0.25, -0.2) is 4.79 Å². The summed E-state index contributed by atoms with van der Waals surface area (Å²) in [5.41, 5.74) is -0.676. The molecule has 2 unspecified atom stereocenters. The molecule has 0 bridgehead atoms. The normalized spacial score (nSPS) is 35.9. The molecule has 1 amide bonds. The minimum absolute atomic E-state index is 0.00909. The van der Waals surface area contributed by atoms with Crippen molar-refractivity contribution in [2.24, 2.45) is 5.41 Å². The highest BCUT2D eigenvalue weighted by atomic mass is 16.5. The Bertz CT molecular complexity index is 454. The fraction of sp³-hybridized carbons (Fsp3) is 0.733. The summed E-state index contributed by atoms with van der Waals surface area (Å²) >= 11 is 0. The number of carbonyl (C=O) groups is 2. The van der Waals surface area contributed by atoms with Crippen LogP contribution in [-0.4, -0.2) is 35.0 Å². The first kappa shape index (κ1) is 14.1. The molecule has 1 aliphatic carbocycles. The van der Waals surface area contributed by atoms with Gasteiger partial charge in [0.25, 0.3) is 0 Å². The molecule has 2 rings (SSSR count). The van der Waals surface area contributed by atoms with Gasteiger partial charge < -0.3 is 4.74 Å². The zero-order valence-corrected chi connectivity index (χ0v) is 12.4. The van der Waals surface area contributed by atoms with E-state index in [0.29, 0.717) is 0 Å². The van der Waals surface area contributed by atoms with Crippen LogP contribution in [0.2, 0.25) is 0 Å². The van der Waals surface area contributed by atoms with Crippen LogP contribution in [0.25, 0.3) is 0 Å². The van der Waals surface area contributed by atoms with Gasteiger partial charge in [0.05, 0.1) is 18.2 Å². The van der Waals surface area contributed by atoms with Gasteiger partial charge in [-0.2, -0.15) is 0 Å². The number of hydrogen-bond donors (Lipinski definition) is 0. The molecule has 2 atom stereocenters. The molecular weight excluding hydrogens is 242 g/mol. The lowest BCUT2D eigenvalue weighted by Crippen LogP contribution is -2.42. The molecular formula is C15H23NO3. The molecule has 1 aliphatic heterocycles. The van der Waals surface area contributed by atoms with Crippen LogP contribution in [0.15, 0.2) is 12.2 Å². The molecule has 0 spiro atoms. The fourth-order valence-corrected chi connectivity index (χ4v) is 4.10. The van der Waals surface area contributed by atoms with Crippen LogP contribution in [0.4, 0.5) is 4.79 Å². The van der Waals surface area contributed by atoms with Crippen LogP contribution in [0.1, 0.15) is 47.0 Å². The van der Waals surface area contributed by atoms with E-state index in [1.165, 1.54) is 14.0 Å². The summed E-state index contributed by atoms with van der Waals surface area (Å²) in [5.74, 6) is 0.00909. The minimum Gasteiger partial charge on any atom is -0.453 e. The van der Waals surface area contributed by atoms with Gasteiger partial charge in [0, 0.05) is 0 Å². The lowest BCUT2D eigenvalue weighted by Gasteiger charge is -2.38. The number of likely N-dealkylation sites (tertiary alicyclic amines) is 1. The summed E-state index contributed by atoms with van der Waals surface area (Å²) in [4.78, 5) is 25.2. The maximum atomic E-state index is 12.1. The Morgan fingerprint density at radius 2 is 1.84 bits per heavy atom. The van der Waals surface area contributed by atoms with E-state index in [4.69, 9.17) is 4.74 Å². The first-order chi connectivity index (χ1) is 8.73. The van der Waals surface area contributed by atoms with Gasteiger partial charge in [-0.3, -0.25) is 9.69 Å². The summed E-state index contributed by atoms with van der Waals surface area (Å²) in [6.07, 6.45) is 6.30. The van der Waals surface area contributed by atoms with E-state index in [9.17, 15) is 9.59 Å². The van der Waals surface area contributed by atoms with Crippen molar-refractivity contribution in [3.05, 3.63) is 12.2 Å². The van der Waals surface area contributed by atoms with Gasteiger partial charge in [-0.15, -0.1) is 0 Å². The summed E-state index contributed by atoms with van der Waals surface area (Å²) in [7, 11) is 1.41. The third kappa shape index (κ3) is 1.65. The third-order valence-electron chi connectivity index (χ3n) is 5.03. The number of carbonyl (C=O) groups excluding carboxylic acids is 2. The first-order valence-electron chi connectivity index (χ1n) is 6.81. The second-order valence-electron chi connectivity index (χ2n) is 6.53. The Labute approximate surface area is 114 Å². The Morgan fingerprint density at radius 3 is 2.37 bits per heavy atom. The minimum atomic E-state index is -0.392. The number of rotatable bonds is 2. The number of allylic oxidation sites excluding steroid dienone is 1. The van der Waals surface area contributed by atoms with Crippen molar-refractivity contribution < 1.29 is 14.3 Å². The Hall–Kier alpha value is -1.32. The summed E-state index contributed by atoms with van der Waals surface area (Å²) in [5, 5.41) is 0. The van der Waals surface area contributed by atoms with Gasteiger partial charge in [0.2, 0.25) is 0 Å². The largest absolute Gasteiger partial charge is 0.453 e. The second kappa shape index (κ2) is 4.09. The van der Waals surface area contributed by atoms with Crippen LogP contribution in [0.3, 0.4) is 0 Å². The molecule has 0 aromatic rings. The standard InChI is InChI=1S/C15H23NO3/c1-11(17)7-10-15-13(2,3)8-6-9-14(15,4)16(15)12(18)19-5/h7,10H,6,8-9H2,1-5H3/b10-7+. The molecule has 0 radical (unpaired) electrons. The molecule has 1 heterocycles. The molecule has 0 aromatic carbocycles. The van der Waals surface area contributed by atoms with E-state index in [0.717, 1.165) is 19.3 Å². The molecule has 0 N–H and O–H groups in total. The van der Waals surface area contributed by atoms with Crippen molar-refractivity contribution in [1.82, 2.24) is 4.90 Å². The van der Waals surface area contributed by atoms with Crippen molar-refractivity contribution in [2.45, 2.75) is 58.0 Å². The lowest BCUT2D eigenvalue weighted by molar-refractivity contribution is -0.112. The smallest absolute Gasteiger partial charge is 0.410 e. The van der Waals surface area contributed by atoms with Crippen molar-refractivity contribution in [3.8, 4) is 0 Å². The predicted octanol–water partition coefficient (Wildman–Crippen LogP) is 2.92. The number of ketones is 1. The van der Waals surface area contributed by atoms with Crippen molar-refractivity contribution in [1.29, 1.82) is 0 Å². The Morgan fingerprint density at radius 1 is 1.21 bits per heavy atom. The highest BCUT2D eigenvalue weighted by molar-refractivity contribution is 5.88. The number of fused-ring (bicyclic) bond motifs is 1. The number of hydrogen-bond acceptors (Lipinski definition) is 3. The molecule has 19 heavy (non-hydrogen) atoms. The zero-order chi connectivity index (χ0) is 14.5. The Kier molecular flexibility index (Phi) is 3.03. The van der Waals surface area contributed by atoms with E-state index >= 15 is 0 Å². The molecule has 1 saturated carbocycles. The van der Waals surface area contributed by atoms with Crippen LogP contribution in [0, 0.1) is 5.41 Å². The van der Waals surface area contributed by atoms with Crippen LogP contribution >= 0.6 is 0 Å². The monoisotopic (exact) mass is 265 g/mol. The summed E-state index contributed by atoms with van der Waals surface area (Å²) in [6.45, 7) is 7.95. The fourth-order valence-electron chi connectivity index (χ4n) is 4.10. The average molecular weight is 265 g/mol. The van der Waals surface area contributed by atoms with Gasteiger partial charge in [-0.1, -0.05) is 26.3 Å². The Balaban J connectivity index is 2.48. The summed E-state index contributed by atoms with van der Waals surface area (Å²) in [6, 6.07) is 0. The number of nitrogens with zero attached hydrogens (tertiary/aromatic N) is 1. The zero-order valence-electron chi connectivity index (χ0n) is 12.4. The molecule has 0 aromatic heterocycles. The van der Waals surface area contributed by atoms with Gasteiger partial charge in [-0.05, 0) is 38.2 Å². The van der Waals surface area contributed by atoms with Crippen LogP contribution in [0.5, 0.6) is 0 Å². The molecule has 106 valence electrons. The molecule has 2 aliphatic rings. The molecule has 2 fully saturated rings. The molecule has 4 heteroatoms. The second-order valence-corrected chi connectivity index (χ2v) is 6.53. The van der Waals surface area contributed by atoms with E-state index in [-0.39, 0.29) is 22.8 Å². The van der Waals surface area contributed by atoms with E-state index < -0.39 is 5.54 Å². The van der Waals surface area contributed by atoms with Gasteiger partial charge in [0.1, 0.15) is 0 Å². The van der Waals surface area contributed by atoms with E-state index in [2.05, 4.69) is 20.8 Å². The highest BCUT2D eigenvalue weighted by Gasteiger charge is 2.79. The number of methoxy groups -OCH3 is 1. The summed E-state index contributed by atoms with van der Waals surface area (Å²) < 4.78 is 4.92. The maximum absolute atomic E-state index is 12.1. The van der Waals surface area contributed by atoms with E-state index in [1.54, 1.807) is 6.08 Å². The van der Waals surface area contributed by atoms with Crippen molar-refractivity contribution >= 4 is 11.9 Å². The van der Waals surface area contributed by atoms with Crippen molar-refractivity contribution in [2.75, 3.05) is 7.11 Å². The predicted molar refractivity (Wildman–Crippen MR) is 72.8 cm³/mol. The number of amides is 1. The molecule has 1 saturated heterocycles. The van der Waals surface area contributed by atoms with Crippen LogP contribution in [-0.2, 0) is 9.53 Å². The first-order valence-corrected chi connectivity index (χ1v) is 6.81. The third-order valence-corrected chi connectivity index (χ3v) is 5.03. The highest BCUT2D eigenvalue weighted by Crippen LogP contribution is 2.68.